The minimum absolute atomic E-state index is 0. The summed E-state index contributed by atoms with van der Waals surface area (Å²) < 4.78 is 0. The number of nitrogens with one attached hydrogen (secondary N) is 1. The van der Waals surface area contributed by atoms with E-state index in [4.69, 9.17) is 0 Å². The van der Waals surface area contributed by atoms with E-state index in [1.807, 2.05) is 18.0 Å². The molecule has 1 aliphatic rings. The van der Waals surface area contributed by atoms with Crippen LogP contribution in [0.4, 0.5) is 0 Å². The molecule has 0 aromatic carbocycles. The lowest BCUT2D eigenvalue weighted by Gasteiger charge is -2.33. The fourth-order valence-corrected chi connectivity index (χ4v) is 2.45. The molecule has 22 heavy (non-hydrogen) atoms. The van der Waals surface area contributed by atoms with Crippen LogP contribution in [0.25, 0.3) is 0 Å². The monoisotopic (exact) mass is 331 g/mol. The van der Waals surface area contributed by atoms with Gasteiger partial charge in [-0.3, -0.25) is 9.59 Å². The average molecular weight is 332 g/mol. The summed E-state index contributed by atoms with van der Waals surface area (Å²) in [4.78, 5) is 28.1. The van der Waals surface area contributed by atoms with E-state index in [1.54, 1.807) is 4.90 Å². The van der Waals surface area contributed by atoms with Gasteiger partial charge in [-0.05, 0) is 19.3 Å². The van der Waals surface area contributed by atoms with Crippen LogP contribution in [0.15, 0.2) is 12.7 Å². The van der Waals surface area contributed by atoms with Crippen LogP contribution in [0.1, 0.15) is 39.0 Å². The number of hydrogen-bond donors (Lipinski definition) is 1. The summed E-state index contributed by atoms with van der Waals surface area (Å²) in [7, 11) is 1.81. The Kier molecular flexibility index (Phi) is 10.9. The van der Waals surface area contributed by atoms with Crippen molar-refractivity contribution in [2.24, 2.45) is 0 Å². The summed E-state index contributed by atoms with van der Waals surface area (Å²) in [6, 6.07) is -0.362. The number of rotatable bonds is 9. The topological polar surface area (TPSA) is 52.7 Å². The van der Waals surface area contributed by atoms with E-state index in [2.05, 4.69) is 18.8 Å². The van der Waals surface area contributed by atoms with Crippen molar-refractivity contribution in [2.45, 2.75) is 45.1 Å². The molecular formula is C16H30ClN3O2. The average Bonchev–Trinajstić information content (AvgIpc) is 2.48. The number of unbranched alkanes of at least 4 members (excludes halogenated alkanes) is 2. The Bertz CT molecular complexity index is 363. The number of carbonyl (C=O) groups excluding carboxylic acids is 2. The molecule has 2 amide bonds. The molecule has 1 N–H and O–H groups in total. The van der Waals surface area contributed by atoms with Crippen molar-refractivity contribution >= 4 is 24.2 Å². The molecule has 1 rings (SSSR count). The first-order valence-corrected chi connectivity index (χ1v) is 7.97. The first kappa shape index (κ1) is 20.9. The highest BCUT2D eigenvalue weighted by molar-refractivity contribution is 5.88. The highest BCUT2D eigenvalue weighted by atomic mass is 35.5. The molecule has 6 heteroatoms. The molecule has 0 bridgehead atoms. The maximum absolute atomic E-state index is 12.4. The van der Waals surface area contributed by atoms with Crippen LogP contribution in [-0.2, 0) is 9.59 Å². The van der Waals surface area contributed by atoms with E-state index in [-0.39, 0.29) is 36.7 Å². The third kappa shape index (κ3) is 6.79. The van der Waals surface area contributed by atoms with Crippen molar-refractivity contribution in [3.05, 3.63) is 12.7 Å². The van der Waals surface area contributed by atoms with Crippen LogP contribution in [-0.4, -0.2) is 60.9 Å². The predicted molar refractivity (Wildman–Crippen MR) is 92.2 cm³/mol. The summed E-state index contributed by atoms with van der Waals surface area (Å²) in [5.41, 5.74) is 0. The lowest BCUT2D eigenvalue weighted by Crippen LogP contribution is -2.56. The van der Waals surface area contributed by atoms with Gasteiger partial charge in [0, 0.05) is 33.2 Å². The smallest absolute Gasteiger partial charge is 0.240 e. The SMILES string of the molecule is C=CCCCN1CCNC(CC(=O)N(C)CCCC)C1=O.Cl. The Hall–Kier alpha value is -1.07. The van der Waals surface area contributed by atoms with Gasteiger partial charge in [0.05, 0.1) is 12.5 Å². The van der Waals surface area contributed by atoms with Gasteiger partial charge < -0.3 is 15.1 Å². The zero-order valence-corrected chi connectivity index (χ0v) is 14.7. The standard InChI is InChI=1S/C16H29N3O2.ClH/c1-4-6-8-11-19-12-9-17-14(16(19)21)13-15(20)18(3)10-7-5-2;/h4,14,17H,1,5-13H2,2-3H3;1H. The van der Waals surface area contributed by atoms with E-state index >= 15 is 0 Å². The molecule has 0 aromatic heterocycles. The minimum Gasteiger partial charge on any atom is -0.346 e. The molecule has 0 aliphatic carbocycles. The molecule has 0 aromatic rings. The van der Waals surface area contributed by atoms with Crippen LogP contribution in [0.2, 0.25) is 0 Å². The molecular weight excluding hydrogens is 302 g/mol. The van der Waals surface area contributed by atoms with Crippen molar-refractivity contribution in [3.8, 4) is 0 Å². The Morgan fingerprint density at radius 1 is 1.50 bits per heavy atom. The highest BCUT2D eigenvalue weighted by Crippen LogP contribution is 2.09. The van der Waals surface area contributed by atoms with E-state index < -0.39 is 0 Å². The normalized spacial score (nSPS) is 17.8. The number of piperazine rings is 1. The molecule has 1 unspecified atom stereocenters. The highest BCUT2D eigenvalue weighted by Gasteiger charge is 2.30. The number of nitrogens with zero attached hydrogens (tertiary/aromatic N) is 2. The summed E-state index contributed by atoms with van der Waals surface area (Å²) in [5.74, 6) is 0.102. The molecule has 0 spiro atoms. The van der Waals surface area contributed by atoms with Crippen molar-refractivity contribution in [3.63, 3.8) is 0 Å². The third-order valence-electron chi connectivity index (χ3n) is 3.87. The van der Waals surface area contributed by atoms with Gasteiger partial charge in [0.2, 0.25) is 11.8 Å². The summed E-state index contributed by atoms with van der Waals surface area (Å²) in [6.45, 7) is 8.80. The number of hydrogen-bond acceptors (Lipinski definition) is 3. The second kappa shape index (κ2) is 11.5. The maximum Gasteiger partial charge on any atom is 0.240 e. The van der Waals surface area contributed by atoms with Crippen LogP contribution in [0, 0.1) is 0 Å². The predicted octanol–water partition coefficient (Wildman–Crippen LogP) is 1.82. The first-order valence-electron chi connectivity index (χ1n) is 7.97. The molecule has 1 heterocycles. The first-order chi connectivity index (χ1) is 10.1. The van der Waals surface area contributed by atoms with Crippen LogP contribution >= 0.6 is 12.4 Å². The Morgan fingerprint density at radius 3 is 2.86 bits per heavy atom. The van der Waals surface area contributed by atoms with Crippen molar-refractivity contribution in [1.82, 2.24) is 15.1 Å². The van der Waals surface area contributed by atoms with Crippen molar-refractivity contribution < 1.29 is 9.59 Å². The second-order valence-electron chi connectivity index (χ2n) is 5.64. The Morgan fingerprint density at radius 2 is 2.23 bits per heavy atom. The fraction of sp³-hybridized carbons (Fsp3) is 0.750. The van der Waals surface area contributed by atoms with Gasteiger partial charge in [-0.2, -0.15) is 0 Å². The molecule has 1 saturated heterocycles. The van der Waals surface area contributed by atoms with E-state index in [1.165, 1.54) is 0 Å². The van der Waals surface area contributed by atoms with Crippen LogP contribution < -0.4 is 5.32 Å². The summed E-state index contributed by atoms with van der Waals surface area (Å²) >= 11 is 0. The van der Waals surface area contributed by atoms with Gasteiger partial charge in [-0.1, -0.05) is 19.4 Å². The molecule has 1 aliphatic heterocycles. The zero-order chi connectivity index (χ0) is 15.7. The summed E-state index contributed by atoms with van der Waals surface area (Å²) in [5, 5.41) is 3.17. The third-order valence-corrected chi connectivity index (χ3v) is 3.87. The second-order valence-corrected chi connectivity index (χ2v) is 5.64. The minimum atomic E-state index is -0.362. The van der Waals surface area contributed by atoms with Gasteiger partial charge in [-0.25, -0.2) is 0 Å². The molecule has 1 fully saturated rings. The van der Waals surface area contributed by atoms with E-state index in [0.717, 1.165) is 51.9 Å². The van der Waals surface area contributed by atoms with Gasteiger partial charge >= 0.3 is 0 Å². The zero-order valence-electron chi connectivity index (χ0n) is 13.8. The molecule has 0 saturated carbocycles. The molecule has 0 radical (unpaired) electrons. The Balaban J connectivity index is 0.00000441. The van der Waals surface area contributed by atoms with Gasteiger partial charge in [0.25, 0.3) is 0 Å². The lowest BCUT2D eigenvalue weighted by molar-refractivity contribution is -0.140. The largest absolute Gasteiger partial charge is 0.346 e. The van der Waals surface area contributed by atoms with Crippen LogP contribution in [0.5, 0.6) is 0 Å². The number of amides is 2. The Labute approximate surface area is 140 Å². The quantitative estimate of drug-likeness (QED) is 0.518. The van der Waals surface area contributed by atoms with Gasteiger partial charge in [0.1, 0.15) is 0 Å². The fourth-order valence-electron chi connectivity index (χ4n) is 2.45. The molecule has 1 atom stereocenters. The molecule has 5 nitrogen and oxygen atoms in total. The lowest BCUT2D eigenvalue weighted by atomic mass is 10.1. The number of halogens is 1. The van der Waals surface area contributed by atoms with Crippen molar-refractivity contribution in [1.29, 1.82) is 0 Å². The maximum atomic E-state index is 12.4. The van der Waals surface area contributed by atoms with Crippen molar-refractivity contribution in [2.75, 3.05) is 33.2 Å². The van der Waals surface area contributed by atoms with E-state index in [0.29, 0.717) is 0 Å². The molecule has 128 valence electrons. The number of allylic oxidation sites excluding steroid dienone is 1. The van der Waals surface area contributed by atoms with Gasteiger partial charge in [0.15, 0.2) is 0 Å². The van der Waals surface area contributed by atoms with E-state index in [9.17, 15) is 9.59 Å². The van der Waals surface area contributed by atoms with Gasteiger partial charge in [-0.15, -0.1) is 19.0 Å². The van der Waals surface area contributed by atoms with Crippen LogP contribution in [0.3, 0.4) is 0 Å². The number of carbonyl (C=O) groups is 2. The summed E-state index contributed by atoms with van der Waals surface area (Å²) in [6.07, 6.45) is 6.05.